The molecule has 0 saturated carbocycles. The Morgan fingerprint density at radius 3 is 2.68 bits per heavy atom. The smallest absolute Gasteiger partial charge is 0.343 e. The quantitative estimate of drug-likeness (QED) is 0.720. The Morgan fingerprint density at radius 2 is 1.96 bits per heavy atom. The first-order valence-corrected chi connectivity index (χ1v) is 8.09. The Hall–Kier alpha value is -2.79. The molecule has 2 heterocycles. The molecule has 1 aliphatic rings. The van der Waals surface area contributed by atoms with Crippen LogP contribution in [0.25, 0.3) is 11.0 Å². The Bertz CT molecular complexity index is 992. The van der Waals surface area contributed by atoms with E-state index in [0.717, 1.165) is 5.56 Å². The summed E-state index contributed by atoms with van der Waals surface area (Å²) in [4.78, 5) is 12.7. The summed E-state index contributed by atoms with van der Waals surface area (Å²) in [5, 5.41) is 10.3. The van der Waals surface area contributed by atoms with E-state index < -0.39 is 11.4 Å². The van der Waals surface area contributed by atoms with Crippen molar-refractivity contribution in [3.05, 3.63) is 70.1 Å². The highest BCUT2D eigenvalue weighted by Crippen LogP contribution is 2.46. The third-order valence-electron chi connectivity index (χ3n) is 4.75. The molecule has 1 unspecified atom stereocenters. The molecule has 25 heavy (non-hydrogen) atoms. The van der Waals surface area contributed by atoms with Gasteiger partial charge < -0.3 is 19.0 Å². The van der Waals surface area contributed by atoms with Gasteiger partial charge in [0.2, 0.25) is 5.79 Å². The first kappa shape index (κ1) is 15.7. The van der Waals surface area contributed by atoms with E-state index in [1.165, 1.54) is 6.07 Å². The molecule has 0 fully saturated rings. The van der Waals surface area contributed by atoms with Crippen molar-refractivity contribution < 1.29 is 19.0 Å². The zero-order valence-corrected chi connectivity index (χ0v) is 14.0. The summed E-state index contributed by atoms with van der Waals surface area (Å²) in [6, 6.07) is 14.4. The van der Waals surface area contributed by atoms with E-state index in [9.17, 15) is 9.90 Å². The summed E-state index contributed by atoms with van der Waals surface area (Å²) in [6.07, 6.45) is 0.495. The van der Waals surface area contributed by atoms with E-state index in [4.69, 9.17) is 13.9 Å². The molecule has 0 saturated heterocycles. The van der Waals surface area contributed by atoms with Crippen LogP contribution in [0.3, 0.4) is 0 Å². The van der Waals surface area contributed by atoms with Gasteiger partial charge in [-0.3, -0.25) is 0 Å². The van der Waals surface area contributed by atoms with Gasteiger partial charge in [-0.25, -0.2) is 4.79 Å². The molecule has 0 amide bonds. The second-order valence-electron chi connectivity index (χ2n) is 6.42. The van der Waals surface area contributed by atoms with Crippen molar-refractivity contribution in [3.63, 3.8) is 0 Å². The highest BCUT2D eigenvalue weighted by atomic mass is 16.7. The molecule has 1 aliphatic heterocycles. The Labute approximate surface area is 144 Å². The molecule has 0 aliphatic carbocycles. The van der Waals surface area contributed by atoms with Crippen LogP contribution < -0.4 is 10.4 Å². The van der Waals surface area contributed by atoms with Crippen LogP contribution in [-0.4, -0.2) is 18.0 Å². The van der Waals surface area contributed by atoms with Crippen molar-refractivity contribution in [2.45, 2.75) is 25.0 Å². The summed E-state index contributed by atoms with van der Waals surface area (Å²) in [5.74, 6) is -0.591. The SMILES string of the molecule is COC1(C)C[C@@H](c2ccccc2)c2c(c3ccc(O)cc3oc2=O)O1. The molecule has 0 spiro atoms. The third kappa shape index (κ3) is 2.57. The standard InChI is InChI=1S/C20H18O5/c1-20(23-2)11-15(12-6-4-3-5-7-12)17-18(25-20)14-9-8-13(21)10-16(14)24-19(17)22/h3-10,15,21H,11H2,1-2H3/t15-,20?/m0/s1. The van der Waals surface area contributed by atoms with Crippen molar-refractivity contribution in [3.8, 4) is 11.5 Å². The molecule has 3 aromatic rings. The lowest BCUT2D eigenvalue weighted by atomic mass is 9.83. The summed E-state index contributed by atoms with van der Waals surface area (Å²) < 4.78 is 17.1. The van der Waals surface area contributed by atoms with Crippen LogP contribution in [-0.2, 0) is 4.74 Å². The number of phenols is 1. The van der Waals surface area contributed by atoms with E-state index in [2.05, 4.69) is 0 Å². The highest BCUT2D eigenvalue weighted by molar-refractivity contribution is 5.86. The van der Waals surface area contributed by atoms with Gasteiger partial charge in [-0.05, 0) is 17.7 Å². The number of hydrogen-bond acceptors (Lipinski definition) is 5. The van der Waals surface area contributed by atoms with Crippen molar-refractivity contribution >= 4 is 11.0 Å². The largest absolute Gasteiger partial charge is 0.508 e. The van der Waals surface area contributed by atoms with Crippen LogP contribution in [0.1, 0.15) is 30.4 Å². The van der Waals surface area contributed by atoms with Crippen LogP contribution in [0, 0.1) is 0 Å². The fourth-order valence-corrected chi connectivity index (χ4v) is 3.41. The van der Waals surface area contributed by atoms with Gasteiger partial charge >= 0.3 is 5.63 Å². The summed E-state index contributed by atoms with van der Waals surface area (Å²) >= 11 is 0. The molecule has 128 valence electrons. The number of ether oxygens (including phenoxy) is 2. The number of hydrogen-bond donors (Lipinski definition) is 1. The van der Waals surface area contributed by atoms with Crippen molar-refractivity contribution in [2.24, 2.45) is 0 Å². The molecule has 5 nitrogen and oxygen atoms in total. The average molecular weight is 338 g/mol. The fourth-order valence-electron chi connectivity index (χ4n) is 3.41. The van der Waals surface area contributed by atoms with Gasteiger partial charge in [0, 0.05) is 32.4 Å². The van der Waals surface area contributed by atoms with Crippen molar-refractivity contribution in [1.29, 1.82) is 0 Å². The molecule has 2 aromatic carbocycles. The van der Waals surface area contributed by atoms with Gasteiger partial charge in [0.15, 0.2) is 0 Å². The lowest BCUT2D eigenvalue weighted by Gasteiger charge is -2.38. The van der Waals surface area contributed by atoms with Crippen LogP contribution in [0.15, 0.2) is 57.7 Å². The van der Waals surface area contributed by atoms with Gasteiger partial charge in [-0.2, -0.15) is 0 Å². The van der Waals surface area contributed by atoms with E-state index in [-0.39, 0.29) is 17.3 Å². The number of phenolic OH excluding ortho intramolecular Hbond substituents is 1. The maximum Gasteiger partial charge on any atom is 0.343 e. The Balaban J connectivity index is 2.03. The Kier molecular flexibility index (Phi) is 3.54. The summed E-state index contributed by atoms with van der Waals surface area (Å²) in [6.45, 7) is 1.85. The topological polar surface area (TPSA) is 68.9 Å². The molecule has 0 radical (unpaired) electrons. The molecule has 1 aromatic heterocycles. The van der Waals surface area contributed by atoms with Gasteiger partial charge in [-0.15, -0.1) is 0 Å². The van der Waals surface area contributed by atoms with E-state index in [1.807, 2.05) is 37.3 Å². The molecule has 0 bridgehead atoms. The first-order valence-electron chi connectivity index (χ1n) is 8.09. The predicted molar refractivity (Wildman–Crippen MR) is 93.1 cm³/mol. The molecule has 1 N–H and O–H groups in total. The van der Waals surface area contributed by atoms with Crippen molar-refractivity contribution in [1.82, 2.24) is 0 Å². The third-order valence-corrected chi connectivity index (χ3v) is 4.75. The van der Waals surface area contributed by atoms with E-state index in [1.54, 1.807) is 19.2 Å². The van der Waals surface area contributed by atoms with Crippen LogP contribution in [0.5, 0.6) is 11.5 Å². The van der Waals surface area contributed by atoms with Gasteiger partial charge in [0.05, 0.1) is 10.9 Å². The van der Waals surface area contributed by atoms with Gasteiger partial charge in [0.1, 0.15) is 17.1 Å². The number of benzene rings is 2. The second kappa shape index (κ2) is 5.63. The number of methoxy groups -OCH3 is 1. The Morgan fingerprint density at radius 1 is 1.20 bits per heavy atom. The lowest BCUT2D eigenvalue weighted by Crippen LogP contribution is -2.41. The highest BCUT2D eigenvalue weighted by Gasteiger charge is 2.41. The molecule has 2 atom stereocenters. The van der Waals surface area contributed by atoms with Crippen LogP contribution in [0.4, 0.5) is 0 Å². The minimum atomic E-state index is -0.869. The minimum absolute atomic E-state index is 0.0283. The molecule has 5 heteroatoms. The lowest BCUT2D eigenvalue weighted by molar-refractivity contribution is -0.163. The minimum Gasteiger partial charge on any atom is -0.508 e. The number of rotatable bonds is 2. The zero-order valence-electron chi connectivity index (χ0n) is 14.0. The number of aromatic hydroxyl groups is 1. The van der Waals surface area contributed by atoms with Crippen LogP contribution in [0.2, 0.25) is 0 Å². The zero-order chi connectivity index (χ0) is 17.6. The summed E-state index contributed by atoms with van der Waals surface area (Å²) in [7, 11) is 1.59. The normalized spacial score (nSPS) is 22.4. The van der Waals surface area contributed by atoms with E-state index >= 15 is 0 Å². The van der Waals surface area contributed by atoms with Gasteiger partial charge in [-0.1, -0.05) is 30.3 Å². The average Bonchev–Trinajstić information content (AvgIpc) is 2.61. The molecular weight excluding hydrogens is 320 g/mol. The summed E-state index contributed by atoms with van der Waals surface area (Å²) in [5.41, 5.74) is 1.32. The van der Waals surface area contributed by atoms with E-state index in [0.29, 0.717) is 23.1 Å². The maximum absolute atomic E-state index is 12.7. The molecule has 4 rings (SSSR count). The van der Waals surface area contributed by atoms with Crippen LogP contribution >= 0.6 is 0 Å². The number of fused-ring (bicyclic) bond motifs is 3. The monoisotopic (exact) mass is 338 g/mol. The first-order chi connectivity index (χ1) is 12.0. The predicted octanol–water partition coefficient (Wildman–Crippen LogP) is 3.78. The molecular formula is C20H18O5. The fraction of sp³-hybridized carbons (Fsp3) is 0.250. The van der Waals surface area contributed by atoms with Crippen molar-refractivity contribution in [2.75, 3.05) is 7.11 Å². The maximum atomic E-state index is 12.7. The second-order valence-corrected chi connectivity index (χ2v) is 6.42. The van der Waals surface area contributed by atoms with Gasteiger partial charge in [0.25, 0.3) is 0 Å².